The number of sulfone groups is 1. The standard InChI is InChI=1S/C23H29N3O4S2/c27-21(25-23-24-19(16-31-23)17-8-2-1-3-9-17)20-11-4-6-13-26(20)22(28)18-10-5-7-14-32(29,30)15-12-18/h1-3,8-9,16,18,20H,4-7,10-15H2,(H,24,25,27). The number of rotatable bonds is 4. The molecule has 0 saturated carbocycles. The minimum Gasteiger partial charge on any atom is -0.330 e. The number of aromatic nitrogens is 1. The lowest BCUT2D eigenvalue weighted by molar-refractivity contribution is -0.144. The van der Waals surface area contributed by atoms with Gasteiger partial charge in [-0.2, -0.15) is 0 Å². The van der Waals surface area contributed by atoms with Crippen molar-refractivity contribution < 1.29 is 18.0 Å². The number of amides is 2. The van der Waals surface area contributed by atoms with Crippen LogP contribution in [0.5, 0.6) is 0 Å². The Bertz CT molecular complexity index is 1050. The summed E-state index contributed by atoms with van der Waals surface area (Å²) in [5.74, 6) is -0.365. The summed E-state index contributed by atoms with van der Waals surface area (Å²) in [5.41, 5.74) is 1.79. The predicted molar refractivity (Wildman–Crippen MR) is 126 cm³/mol. The molecule has 2 aliphatic heterocycles. The maximum atomic E-state index is 13.3. The number of nitrogens with zero attached hydrogens (tertiary/aromatic N) is 2. The van der Waals surface area contributed by atoms with Crippen LogP contribution in [0.1, 0.15) is 44.9 Å². The number of benzene rings is 1. The van der Waals surface area contributed by atoms with E-state index in [1.165, 1.54) is 11.3 Å². The van der Waals surface area contributed by atoms with Crippen molar-refractivity contribution in [1.29, 1.82) is 0 Å². The first-order chi connectivity index (χ1) is 15.4. The Balaban J connectivity index is 1.44. The van der Waals surface area contributed by atoms with Crippen LogP contribution in [-0.4, -0.2) is 54.2 Å². The second-order valence-corrected chi connectivity index (χ2v) is 11.7. The van der Waals surface area contributed by atoms with Crippen LogP contribution < -0.4 is 5.32 Å². The van der Waals surface area contributed by atoms with Crippen molar-refractivity contribution in [2.24, 2.45) is 5.92 Å². The van der Waals surface area contributed by atoms with Gasteiger partial charge in [0.05, 0.1) is 17.2 Å². The summed E-state index contributed by atoms with van der Waals surface area (Å²) in [7, 11) is -3.09. The molecule has 2 aliphatic rings. The van der Waals surface area contributed by atoms with Crippen LogP contribution in [0.4, 0.5) is 5.13 Å². The van der Waals surface area contributed by atoms with Crippen molar-refractivity contribution in [1.82, 2.24) is 9.88 Å². The van der Waals surface area contributed by atoms with Crippen molar-refractivity contribution in [3.63, 3.8) is 0 Å². The van der Waals surface area contributed by atoms with E-state index >= 15 is 0 Å². The molecular formula is C23H29N3O4S2. The lowest BCUT2D eigenvalue weighted by atomic mass is 9.93. The van der Waals surface area contributed by atoms with Crippen LogP contribution in [0.2, 0.25) is 0 Å². The first-order valence-corrected chi connectivity index (χ1v) is 14.0. The van der Waals surface area contributed by atoms with Crippen LogP contribution in [0, 0.1) is 5.92 Å². The summed E-state index contributed by atoms with van der Waals surface area (Å²) in [6.07, 6.45) is 4.71. The fourth-order valence-electron chi connectivity index (χ4n) is 4.49. The Morgan fingerprint density at radius 1 is 1.00 bits per heavy atom. The van der Waals surface area contributed by atoms with E-state index in [1.807, 2.05) is 35.7 Å². The van der Waals surface area contributed by atoms with Gasteiger partial charge in [0.2, 0.25) is 11.8 Å². The Morgan fingerprint density at radius 2 is 1.78 bits per heavy atom. The molecule has 3 heterocycles. The first kappa shape index (κ1) is 22.9. The van der Waals surface area contributed by atoms with E-state index in [1.54, 1.807) is 4.90 Å². The third-order valence-corrected chi connectivity index (χ3v) is 8.80. The normalized spacial score (nSPS) is 23.7. The summed E-state index contributed by atoms with van der Waals surface area (Å²) >= 11 is 1.37. The maximum Gasteiger partial charge on any atom is 0.248 e. The quantitative estimate of drug-likeness (QED) is 0.727. The number of likely N-dealkylation sites (tertiary alicyclic amines) is 1. The van der Waals surface area contributed by atoms with Gasteiger partial charge < -0.3 is 10.2 Å². The minimum absolute atomic E-state index is 0.0511. The highest BCUT2D eigenvalue weighted by Crippen LogP contribution is 2.28. The van der Waals surface area contributed by atoms with E-state index < -0.39 is 15.9 Å². The molecule has 1 aromatic carbocycles. The zero-order valence-corrected chi connectivity index (χ0v) is 19.7. The molecule has 0 bridgehead atoms. The lowest BCUT2D eigenvalue weighted by Gasteiger charge is -2.37. The highest BCUT2D eigenvalue weighted by atomic mass is 32.2. The van der Waals surface area contributed by atoms with Crippen LogP contribution in [-0.2, 0) is 19.4 Å². The molecule has 2 fully saturated rings. The highest BCUT2D eigenvalue weighted by molar-refractivity contribution is 7.91. The lowest BCUT2D eigenvalue weighted by Crippen LogP contribution is -2.52. The molecule has 9 heteroatoms. The molecule has 1 aromatic heterocycles. The third kappa shape index (κ3) is 5.56. The van der Waals surface area contributed by atoms with E-state index in [-0.39, 0.29) is 29.2 Å². The molecule has 4 rings (SSSR count). The van der Waals surface area contributed by atoms with Crippen molar-refractivity contribution >= 4 is 38.1 Å². The molecule has 2 atom stereocenters. The largest absolute Gasteiger partial charge is 0.330 e. The Labute approximate surface area is 193 Å². The Kier molecular flexibility index (Phi) is 7.25. The molecule has 172 valence electrons. The average Bonchev–Trinajstić information content (AvgIpc) is 3.26. The molecule has 1 N–H and O–H groups in total. The van der Waals surface area contributed by atoms with Crippen LogP contribution >= 0.6 is 11.3 Å². The smallest absolute Gasteiger partial charge is 0.248 e. The summed E-state index contributed by atoms with van der Waals surface area (Å²) in [5, 5.41) is 5.33. The van der Waals surface area contributed by atoms with Crippen molar-refractivity contribution in [2.75, 3.05) is 23.4 Å². The van der Waals surface area contributed by atoms with E-state index in [4.69, 9.17) is 0 Å². The van der Waals surface area contributed by atoms with Crippen molar-refractivity contribution in [3.8, 4) is 11.3 Å². The van der Waals surface area contributed by atoms with E-state index in [0.29, 0.717) is 37.4 Å². The van der Waals surface area contributed by atoms with E-state index in [9.17, 15) is 18.0 Å². The average molecular weight is 476 g/mol. The summed E-state index contributed by atoms with van der Waals surface area (Å²) in [6, 6.07) is 9.23. The van der Waals surface area contributed by atoms with Crippen molar-refractivity contribution in [2.45, 2.75) is 51.0 Å². The van der Waals surface area contributed by atoms with Gasteiger partial charge in [0.1, 0.15) is 15.9 Å². The second-order valence-electron chi connectivity index (χ2n) is 8.57. The van der Waals surface area contributed by atoms with Crippen LogP contribution in [0.3, 0.4) is 0 Å². The number of thiazole rings is 1. The number of nitrogens with one attached hydrogen (secondary N) is 1. The molecule has 7 nitrogen and oxygen atoms in total. The Morgan fingerprint density at radius 3 is 2.59 bits per heavy atom. The number of carbonyl (C=O) groups excluding carboxylic acids is 2. The molecule has 2 amide bonds. The fraction of sp³-hybridized carbons (Fsp3) is 0.522. The second kappa shape index (κ2) is 10.1. The van der Waals surface area contributed by atoms with Crippen LogP contribution in [0.25, 0.3) is 11.3 Å². The fourth-order valence-corrected chi connectivity index (χ4v) is 6.71. The number of hydrogen-bond acceptors (Lipinski definition) is 6. The van der Waals surface area contributed by atoms with Gasteiger partial charge >= 0.3 is 0 Å². The van der Waals surface area contributed by atoms with Gasteiger partial charge in [-0.3, -0.25) is 9.59 Å². The van der Waals surface area contributed by atoms with Gasteiger partial charge in [-0.1, -0.05) is 36.8 Å². The molecule has 0 aliphatic carbocycles. The van der Waals surface area contributed by atoms with E-state index in [0.717, 1.165) is 30.5 Å². The summed E-state index contributed by atoms with van der Waals surface area (Å²) < 4.78 is 24.1. The van der Waals surface area contributed by atoms with Gasteiger partial charge in [-0.15, -0.1) is 11.3 Å². The predicted octanol–water partition coefficient (Wildman–Crippen LogP) is 3.73. The monoisotopic (exact) mass is 475 g/mol. The molecule has 32 heavy (non-hydrogen) atoms. The SMILES string of the molecule is O=C(Nc1nc(-c2ccccc2)cs1)C1CCCCN1C(=O)C1CCCCS(=O)(=O)CC1. The van der Waals surface area contributed by atoms with Gasteiger partial charge in [-0.05, 0) is 38.5 Å². The zero-order valence-electron chi connectivity index (χ0n) is 18.0. The number of piperidine rings is 1. The summed E-state index contributed by atoms with van der Waals surface area (Å²) in [4.78, 5) is 32.6. The number of hydrogen-bond donors (Lipinski definition) is 1. The number of anilines is 1. The molecule has 2 unspecified atom stereocenters. The highest BCUT2D eigenvalue weighted by Gasteiger charge is 2.36. The van der Waals surface area contributed by atoms with E-state index in [2.05, 4.69) is 10.3 Å². The van der Waals surface area contributed by atoms with Gasteiger partial charge in [0, 0.05) is 23.4 Å². The molecule has 2 saturated heterocycles. The molecular weight excluding hydrogens is 446 g/mol. The number of carbonyl (C=O) groups is 2. The van der Waals surface area contributed by atoms with Gasteiger partial charge in [-0.25, -0.2) is 13.4 Å². The zero-order chi connectivity index (χ0) is 22.6. The molecule has 0 spiro atoms. The molecule has 2 aromatic rings. The Hall–Kier alpha value is -2.26. The summed E-state index contributed by atoms with van der Waals surface area (Å²) in [6.45, 7) is 0.535. The molecule has 0 radical (unpaired) electrons. The van der Waals surface area contributed by atoms with Gasteiger partial charge in [0.15, 0.2) is 5.13 Å². The topological polar surface area (TPSA) is 96.4 Å². The first-order valence-electron chi connectivity index (χ1n) is 11.3. The maximum absolute atomic E-state index is 13.3. The van der Waals surface area contributed by atoms with Crippen molar-refractivity contribution in [3.05, 3.63) is 35.7 Å². The van der Waals surface area contributed by atoms with Gasteiger partial charge in [0.25, 0.3) is 0 Å². The van der Waals surface area contributed by atoms with Crippen LogP contribution in [0.15, 0.2) is 35.7 Å². The third-order valence-electron chi connectivity index (χ3n) is 6.28. The minimum atomic E-state index is -3.09.